The SMILES string of the molecule is CC(CCc1ccccc1)NC(=O)Cn1nc(-c2cccs2)cc(N)c1=O. The van der Waals surface area contributed by atoms with Crippen molar-refractivity contribution in [2.24, 2.45) is 0 Å². The highest BCUT2D eigenvalue weighted by molar-refractivity contribution is 7.13. The molecule has 3 aromatic rings. The lowest BCUT2D eigenvalue weighted by atomic mass is 10.1. The number of carbonyl (C=O) groups excluding carboxylic acids is 1. The van der Waals surface area contributed by atoms with Crippen molar-refractivity contribution in [3.8, 4) is 10.6 Å². The molecule has 1 aromatic carbocycles. The summed E-state index contributed by atoms with van der Waals surface area (Å²) in [5.74, 6) is -0.257. The number of hydrogen-bond acceptors (Lipinski definition) is 5. The minimum Gasteiger partial charge on any atom is -0.394 e. The molecule has 0 bridgehead atoms. The third-order valence-corrected chi connectivity index (χ3v) is 5.08. The van der Waals surface area contributed by atoms with Gasteiger partial charge in [0.1, 0.15) is 17.9 Å². The van der Waals surface area contributed by atoms with Gasteiger partial charge < -0.3 is 11.1 Å². The molecule has 0 saturated heterocycles. The van der Waals surface area contributed by atoms with E-state index in [-0.39, 0.29) is 24.2 Å². The van der Waals surface area contributed by atoms with Gasteiger partial charge in [-0.1, -0.05) is 36.4 Å². The molecule has 0 spiro atoms. The van der Waals surface area contributed by atoms with Crippen LogP contribution in [0.1, 0.15) is 18.9 Å². The van der Waals surface area contributed by atoms with Crippen LogP contribution in [0.15, 0.2) is 58.7 Å². The molecule has 2 heterocycles. The van der Waals surface area contributed by atoms with Crippen molar-refractivity contribution in [2.75, 3.05) is 5.73 Å². The zero-order valence-corrected chi connectivity index (χ0v) is 15.9. The van der Waals surface area contributed by atoms with Crippen LogP contribution in [0.2, 0.25) is 0 Å². The maximum atomic E-state index is 12.3. The Bertz CT molecular complexity index is 952. The molecule has 1 atom stereocenters. The molecular weight excluding hydrogens is 360 g/mol. The van der Waals surface area contributed by atoms with Crippen molar-refractivity contribution in [2.45, 2.75) is 32.4 Å². The third kappa shape index (κ3) is 5.04. The molecule has 7 heteroatoms. The Morgan fingerprint density at radius 3 is 2.74 bits per heavy atom. The van der Waals surface area contributed by atoms with Gasteiger partial charge in [0.25, 0.3) is 5.56 Å². The predicted molar refractivity (Wildman–Crippen MR) is 109 cm³/mol. The number of nitrogens with zero attached hydrogens (tertiary/aromatic N) is 2. The van der Waals surface area contributed by atoms with Gasteiger partial charge in [-0.25, -0.2) is 4.68 Å². The Morgan fingerprint density at radius 2 is 2.04 bits per heavy atom. The second-order valence-electron chi connectivity index (χ2n) is 6.42. The van der Waals surface area contributed by atoms with Crippen LogP contribution in [0.5, 0.6) is 0 Å². The number of nitrogens with one attached hydrogen (secondary N) is 1. The monoisotopic (exact) mass is 382 g/mol. The van der Waals surface area contributed by atoms with Crippen molar-refractivity contribution in [3.63, 3.8) is 0 Å². The number of anilines is 1. The lowest BCUT2D eigenvalue weighted by Crippen LogP contribution is -2.38. The van der Waals surface area contributed by atoms with E-state index in [1.54, 1.807) is 6.07 Å². The van der Waals surface area contributed by atoms with E-state index in [9.17, 15) is 9.59 Å². The van der Waals surface area contributed by atoms with Crippen LogP contribution >= 0.6 is 11.3 Å². The van der Waals surface area contributed by atoms with Gasteiger partial charge in [0.2, 0.25) is 5.91 Å². The minimum atomic E-state index is -0.456. The largest absolute Gasteiger partial charge is 0.394 e. The summed E-state index contributed by atoms with van der Waals surface area (Å²) >= 11 is 1.50. The first-order valence-corrected chi connectivity index (χ1v) is 9.65. The van der Waals surface area contributed by atoms with E-state index >= 15 is 0 Å². The fourth-order valence-corrected chi connectivity index (χ4v) is 3.45. The van der Waals surface area contributed by atoms with Crippen molar-refractivity contribution >= 4 is 22.9 Å². The lowest BCUT2D eigenvalue weighted by Gasteiger charge is -2.14. The third-order valence-electron chi connectivity index (χ3n) is 4.19. The maximum Gasteiger partial charge on any atom is 0.290 e. The van der Waals surface area contributed by atoms with Gasteiger partial charge in [-0.15, -0.1) is 11.3 Å². The van der Waals surface area contributed by atoms with E-state index in [2.05, 4.69) is 22.5 Å². The Hall–Kier alpha value is -2.93. The molecule has 2 aromatic heterocycles. The molecule has 0 aliphatic heterocycles. The first-order valence-electron chi connectivity index (χ1n) is 8.77. The molecular formula is C20H22N4O2S. The molecule has 140 valence electrons. The summed E-state index contributed by atoms with van der Waals surface area (Å²) in [6.07, 6.45) is 1.69. The number of aromatic nitrogens is 2. The van der Waals surface area contributed by atoms with E-state index in [1.165, 1.54) is 16.9 Å². The van der Waals surface area contributed by atoms with Crippen LogP contribution in [0.25, 0.3) is 10.6 Å². The second-order valence-corrected chi connectivity index (χ2v) is 7.37. The van der Waals surface area contributed by atoms with Crippen LogP contribution in [0.4, 0.5) is 5.69 Å². The number of hydrogen-bond donors (Lipinski definition) is 2. The van der Waals surface area contributed by atoms with Crippen LogP contribution in [0, 0.1) is 0 Å². The first-order chi connectivity index (χ1) is 13.0. The summed E-state index contributed by atoms with van der Waals surface area (Å²) in [5.41, 5.74) is 7.26. The molecule has 1 amide bonds. The number of nitrogens with two attached hydrogens (primary N) is 1. The Labute approximate surface area is 161 Å². The zero-order chi connectivity index (χ0) is 19.2. The van der Waals surface area contributed by atoms with E-state index in [0.717, 1.165) is 22.4 Å². The molecule has 0 aliphatic rings. The number of rotatable bonds is 7. The molecule has 3 N–H and O–H groups in total. The highest BCUT2D eigenvalue weighted by atomic mass is 32.1. The quantitative estimate of drug-likeness (QED) is 0.657. The highest BCUT2D eigenvalue weighted by Gasteiger charge is 2.13. The predicted octanol–water partition coefficient (Wildman–Crippen LogP) is 2.69. The summed E-state index contributed by atoms with van der Waals surface area (Å²) in [5, 5.41) is 9.13. The van der Waals surface area contributed by atoms with Gasteiger partial charge in [0.15, 0.2) is 0 Å². The van der Waals surface area contributed by atoms with E-state index < -0.39 is 5.56 Å². The van der Waals surface area contributed by atoms with Crippen molar-refractivity contribution < 1.29 is 4.79 Å². The second kappa shape index (κ2) is 8.64. The van der Waals surface area contributed by atoms with Gasteiger partial charge >= 0.3 is 0 Å². The fourth-order valence-electron chi connectivity index (χ4n) is 2.77. The van der Waals surface area contributed by atoms with Crippen LogP contribution in [0.3, 0.4) is 0 Å². The molecule has 3 rings (SSSR count). The van der Waals surface area contributed by atoms with Crippen LogP contribution in [-0.2, 0) is 17.8 Å². The van der Waals surface area contributed by atoms with E-state index in [0.29, 0.717) is 5.69 Å². The summed E-state index contributed by atoms with van der Waals surface area (Å²) in [7, 11) is 0. The number of aryl methyl sites for hydroxylation is 1. The summed E-state index contributed by atoms with van der Waals surface area (Å²) < 4.78 is 1.13. The number of thiophene rings is 1. The molecule has 27 heavy (non-hydrogen) atoms. The van der Waals surface area contributed by atoms with Gasteiger partial charge in [0, 0.05) is 6.04 Å². The summed E-state index contributed by atoms with van der Waals surface area (Å²) in [4.78, 5) is 25.5. The number of benzene rings is 1. The smallest absolute Gasteiger partial charge is 0.290 e. The van der Waals surface area contributed by atoms with Crippen molar-refractivity contribution in [1.82, 2.24) is 15.1 Å². The Balaban J connectivity index is 1.62. The summed E-state index contributed by atoms with van der Waals surface area (Å²) in [6.45, 7) is 1.80. The summed E-state index contributed by atoms with van der Waals surface area (Å²) in [6, 6.07) is 15.4. The topological polar surface area (TPSA) is 90.0 Å². The molecule has 6 nitrogen and oxygen atoms in total. The van der Waals surface area contributed by atoms with Crippen molar-refractivity contribution in [1.29, 1.82) is 0 Å². The highest BCUT2D eigenvalue weighted by Crippen LogP contribution is 2.22. The fraction of sp³-hybridized carbons (Fsp3) is 0.250. The van der Waals surface area contributed by atoms with Crippen molar-refractivity contribution in [3.05, 3.63) is 69.8 Å². The maximum absolute atomic E-state index is 12.3. The molecule has 0 aliphatic carbocycles. The normalized spacial score (nSPS) is 11.9. The molecule has 0 fully saturated rings. The average molecular weight is 382 g/mol. The van der Waals surface area contributed by atoms with Crippen LogP contribution in [-0.4, -0.2) is 21.7 Å². The van der Waals surface area contributed by atoms with Gasteiger partial charge in [0.05, 0.1) is 4.88 Å². The lowest BCUT2D eigenvalue weighted by molar-refractivity contribution is -0.122. The Kier molecular flexibility index (Phi) is 6.03. The standard InChI is InChI=1S/C20H22N4O2S/c1-14(9-10-15-6-3-2-4-7-15)22-19(25)13-24-20(26)16(21)12-17(23-24)18-8-5-11-27-18/h2-8,11-12,14H,9-10,13,21H2,1H3,(H,22,25). The number of amides is 1. The van der Waals surface area contributed by atoms with Gasteiger partial charge in [-0.2, -0.15) is 5.10 Å². The number of nitrogen functional groups attached to an aromatic ring is 1. The van der Waals surface area contributed by atoms with E-state index in [1.807, 2.05) is 42.6 Å². The van der Waals surface area contributed by atoms with Gasteiger partial charge in [-0.3, -0.25) is 9.59 Å². The minimum absolute atomic E-state index is 0.00812. The molecule has 0 saturated carbocycles. The van der Waals surface area contributed by atoms with E-state index in [4.69, 9.17) is 5.73 Å². The molecule has 0 radical (unpaired) electrons. The average Bonchev–Trinajstić information content (AvgIpc) is 3.19. The zero-order valence-electron chi connectivity index (χ0n) is 15.1. The van der Waals surface area contributed by atoms with Crippen LogP contribution < -0.4 is 16.6 Å². The number of carbonyl (C=O) groups is 1. The van der Waals surface area contributed by atoms with Gasteiger partial charge in [-0.05, 0) is 42.8 Å². The first kappa shape index (κ1) is 18.8. The Morgan fingerprint density at radius 1 is 1.26 bits per heavy atom. The molecule has 1 unspecified atom stereocenters.